The van der Waals surface area contributed by atoms with Crippen molar-refractivity contribution in [3.63, 3.8) is 0 Å². The quantitative estimate of drug-likeness (QED) is 0.408. The Morgan fingerprint density at radius 2 is 1.83 bits per heavy atom. The molecule has 11 heteroatoms. The second-order valence-electron chi connectivity index (χ2n) is 13.8. The van der Waals surface area contributed by atoms with Crippen LogP contribution in [-0.2, 0) is 37.3 Å². The number of aryl methyl sites for hydroxylation is 1. The number of carbonyl (C=O) groups is 1. The van der Waals surface area contributed by atoms with Crippen LogP contribution in [0, 0.1) is 11.8 Å². The number of sulfonamides is 1. The van der Waals surface area contributed by atoms with Gasteiger partial charge in [0.25, 0.3) is 15.9 Å². The number of likely N-dealkylation sites (tertiary alicyclic amines) is 1. The van der Waals surface area contributed by atoms with Crippen molar-refractivity contribution in [2.24, 2.45) is 11.8 Å². The van der Waals surface area contributed by atoms with E-state index in [4.69, 9.17) is 25.8 Å². The van der Waals surface area contributed by atoms with Gasteiger partial charge in [0.1, 0.15) is 18.0 Å². The number of amides is 1. The van der Waals surface area contributed by atoms with Crippen LogP contribution in [-0.4, -0.2) is 76.9 Å². The van der Waals surface area contributed by atoms with E-state index in [0.717, 1.165) is 70.4 Å². The third-order valence-corrected chi connectivity index (χ3v) is 11.7. The average Bonchev–Trinajstić information content (AvgIpc) is 3.53. The van der Waals surface area contributed by atoms with Crippen LogP contribution >= 0.6 is 11.6 Å². The summed E-state index contributed by atoms with van der Waals surface area (Å²) in [5.41, 5.74) is 1.58. The first-order valence-electron chi connectivity index (χ1n) is 17.1. The van der Waals surface area contributed by atoms with Crippen molar-refractivity contribution in [2.75, 3.05) is 50.8 Å². The molecule has 3 aliphatic heterocycles. The van der Waals surface area contributed by atoms with Crippen molar-refractivity contribution in [3.8, 4) is 5.75 Å². The Balaban J connectivity index is 1.33. The molecule has 47 heavy (non-hydrogen) atoms. The van der Waals surface area contributed by atoms with E-state index >= 15 is 0 Å². The van der Waals surface area contributed by atoms with Gasteiger partial charge in [-0.15, -0.1) is 0 Å². The lowest BCUT2D eigenvalue weighted by molar-refractivity contribution is -0.139. The van der Waals surface area contributed by atoms with Gasteiger partial charge in [-0.3, -0.25) is 4.79 Å². The Bertz CT molecular complexity index is 1560. The molecule has 2 bridgehead atoms. The molecule has 0 spiro atoms. The number of hydrogen-bond donors (Lipinski definition) is 1. The minimum absolute atomic E-state index is 0.0105. The van der Waals surface area contributed by atoms with E-state index in [1.807, 2.05) is 24.3 Å². The minimum atomic E-state index is -4.18. The Morgan fingerprint density at radius 3 is 2.62 bits per heavy atom. The average molecular weight is 686 g/mol. The number of nitrogens with zero attached hydrogens (tertiary/aromatic N) is 2. The van der Waals surface area contributed by atoms with Crippen molar-refractivity contribution in [2.45, 2.75) is 82.0 Å². The molecule has 3 atom stereocenters. The highest BCUT2D eigenvalue weighted by molar-refractivity contribution is 7.90. The molecule has 1 amide bonds. The lowest BCUT2D eigenvalue weighted by atomic mass is 9.70. The second-order valence-corrected chi connectivity index (χ2v) is 15.9. The third kappa shape index (κ3) is 8.33. The number of ether oxygens (including phenoxy) is 3. The van der Waals surface area contributed by atoms with Gasteiger partial charge in [-0.1, -0.05) is 29.8 Å². The number of halogens is 1. The maximum Gasteiger partial charge on any atom is 0.265 e. The van der Waals surface area contributed by atoms with Gasteiger partial charge >= 0.3 is 0 Å². The van der Waals surface area contributed by atoms with Crippen LogP contribution < -0.4 is 14.4 Å². The molecule has 1 saturated carbocycles. The zero-order chi connectivity index (χ0) is 33.0. The van der Waals surface area contributed by atoms with E-state index in [1.54, 1.807) is 26.0 Å². The third-order valence-electron chi connectivity index (χ3n) is 10.2. The van der Waals surface area contributed by atoms with Gasteiger partial charge < -0.3 is 24.0 Å². The van der Waals surface area contributed by atoms with E-state index < -0.39 is 21.5 Å². The van der Waals surface area contributed by atoms with Gasteiger partial charge in [0.2, 0.25) is 0 Å². The van der Waals surface area contributed by atoms with Crippen LogP contribution in [0.4, 0.5) is 5.69 Å². The van der Waals surface area contributed by atoms with E-state index in [2.05, 4.69) is 20.6 Å². The van der Waals surface area contributed by atoms with E-state index in [0.29, 0.717) is 41.5 Å². The molecule has 6 rings (SSSR count). The number of carbonyl (C=O) groups excluding carboxylic acids is 1. The number of hydrogen-bond acceptors (Lipinski definition) is 8. The smallest absolute Gasteiger partial charge is 0.265 e. The molecular weight excluding hydrogens is 638 g/mol. The lowest BCUT2D eigenvalue weighted by Crippen LogP contribution is -2.47. The summed E-state index contributed by atoms with van der Waals surface area (Å²) >= 11 is 6.35. The fraction of sp³-hybridized carbons (Fsp3) is 0.583. The Kier molecular flexibility index (Phi) is 10.8. The summed E-state index contributed by atoms with van der Waals surface area (Å²) in [6.45, 7) is 9.01. The number of benzene rings is 2. The molecule has 1 aliphatic carbocycles. The minimum Gasteiger partial charge on any atom is -0.487 e. The van der Waals surface area contributed by atoms with E-state index in [9.17, 15) is 13.2 Å². The first-order chi connectivity index (χ1) is 22.6. The molecule has 2 aromatic carbocycles. The van der Waals surface area contributed by atoms with Gasteiger partial charge in [-0.25, -0.2) is 13.1 Å². The Morgan fingerprint density at radius 1 is 1.02 bits per heavy atom. The van der Waals surface area contributed by atoms with Crippen LogP contribution in [0.1, 0.15) is 63.5 Å². The molecule has 9 nitrogen and oxygen atoms in total. The molecule has 2 fully saturated rings. The molecule has 0 radical (unpaired) electrons. The van der Waals surface area contributed by atoms with Crippen molar-refractivity contribution >= 4 is 33.2 Å². The number of fused-ring (bicyclic) bond motifs is 3. The van der Waals surface area contributed by atoms with Gasteiger partial charge in [0.05, 0.1) is 29.9 Å². The standard InChI is InChI=1S/C36H48ClN3O6S/c1-36(2)35(41)38-47(42,43)30-13-15-34-32(23-30)40(18-4-3-8-26-22-29(37)12-10-28(26)25-45-34)24-27-11-14-31(27)33(9-7-20-46-36)44-21-19-39-16-5-6-17-39/h7,9-10,12-13,15,22-23,27,31,33H,3-6,8,11,14,16-21,24-25H2,1-2H3,(H,38,41)/b9-7+/t27-,31+,33-/m0/s1. The zero-order valence-corrected chi connectivity index (χ0v) is 29.2. The van der Waals surface area contributed by atoms with Gasteiger partial charge in [-0.2, -0.15) is 0 Å². The van der Waals surface area contributed by atoms with Crippen molar-refractivity contribution in [3.05, 3.63) is 64.7 Å². The molecular formula is C36H48ClN3O6S. The fourth-order valence-electron chi connectivity index (χ4n) is 7.08. The molecule has 1 saturated heterocycles. The maximum atomic E-state index is 13.6. The highest BCUT2D eigenvalue weighted by atomic mass is 35.5. The lowest BCUT2D eigenvalue weighted by Gasteiger charge is -2.44. The van der Waals surface area contributed by atoms with E-state index in [-0.39, 0.29) is 17.6 Å². The number of nitrogens with one attached hydrogen (secondary N) is 1. The highest BCUT2D eigenvalue weighted by Crippen LogP contribution is 2.42. The molecule has 0 aromatic heterocycles. The van der Waals surface area contributed by atoms with Gasteiger partial charge in [0.15, 0.2) is 0 Å². The topological polar surface area (TPSA) is 97.4 Å². The molecule has 1 N–H and O–H groups in total. The van der Waals surface area contributed by atoms with E-state index in [1.165, 1.54) is 24.5 Å². The molecule has 256 valence electrons. The Hall–Kier alpha value is -2.63. The van der Waals surface area contributed by atoms with Crippen molar-refractivity contribution in [1.29, 1.82) is 0 Å². The zero-order valence-electron chi connectivity index (χ0n) is 27.6. The van der Waals surface area contributed by atoms with Crippen LogP contribution in [0.15, 0.2) is 53.4 Å². The fourth-order valence-corrected chi connectivity index (χ4v) is 8.40. The van der Waals surface area contributed by atoms with Crippen LogP contribution in [0.2, 0.25) is 5.02 Å². The summed E-state index contributed by atoms with van der Waals surface area (Å²) in [6, 6.07) is 10.8. The monoisotopic (exact) mass is 685 g/mol. The summed E-state index contributed by atoms with van der Waals surface area (Å²) in [6.07, 6.45) is 11.3. The molecule has 0 unspecified atom stereocenters. The van der Waals surface area contributed by atoms with Gasteiger partial charge in [-0.05, 0) is 125 Å². The predicted molar refractivity (Wildman–Crippen MR) is 184 cm³/mol. The normalized spacial score (nSPS) is 27.3. The molecule has 2 aromatic rings. The van der Waals surface area contributed by atoms with Crippen molar-refractivity contribution < 1.29 is 27.4 Å². The second kappa shape index (κ2) is 14.9. The van der Waals surface area contributed by atoms with Crippen LogP contribution in [0.5, 0.6) is 5.75 Å². The summed E-state index contributed by atoms with van der Waals surface area (Å²) in [5, 5.41) is 0.706. The predicted octanol–water partition coefficient (Wildman–Crippen LogP) is 5.74. The molecule has 4 aliphatic rings. The highest BCUT2D eigenvalue weighted by Gasteiger charge is 2.39. The van der Waals surface area contributed by atoms with Crippen LogP contribution in [0.3, 0.4) is 0 Å². The van der Waals surface area contributed by atoms with Gasteiger partial charge in [0, 0.05) is 24.7 Å². The summed E-state index contributed by atoms with van der Waals surface area (Å²) < 4.78 is 48.4. The first-order valence-corrected chi connectivity index (χ1v) is 19.0. The maximum absolute atomic E-state index is 13.6. The number of anilines is 1. The summed E-state index contributed by atoms with van der Waals surface area (Å²) in [4.78, 5) is 18.0. The summed E-state index contributed by atoms with van der Waals surface area (Å²) in [5.74, 6) is 0.554. The summed E-state index contributed by atoms with van der Waals surface area (Å²) in [7, 11) is -4.18. The molecule has 3 heterocycles. The first kappa shape index (κ1) is 34.2. The number of rotatable bonds is 4. The Labute approximate surface area is 284 Å². The largest absolute Gasteiger partial charge is 0.487 e. The van der Waals surface area contributed by atoms with Crippen molar-refractivity contribution in [1.82, 2.24) is 9.62 Å². The SMILES string of the molecule is CC1(C)OC/C=C/[C@H](OCCN2CCCC2)[C@@H]2CC[C@H]2CN2CCCCc3cc(Cl)ccc3COc3ccc(cc32)S(=O)(=O)NC1=O. The van der Waals surface area contributed by atoms with Crippen LogP contribution in [0.25, 0.3) is 0 Å².